The lowest BCUT2D eigenvalue weighted by molar-refractivity contribution is -0.143. The SMILES string of the molecule is CCCC(CCC)N(C(=O)CN1C[C@H](c2ccc3c(c2)OCO3)C(C(=O)O)[C@@H]1CCC1CCCCO1)c1ccc(F)c(C)c1. The van der Waals surface area contributed by atoms with Crippen LogP contribution < -0.4 is 14.4 Å². The number of rotatable bonds is 13. The highest BCUT2D eigenvalue weighted by Gasteiger charge is 2.47. The van der Waals surface area contributed by atoms with Crippen LogP contribution in [0.5, 0.6) is 11.5 Å². The Morgan fingerprint density at radius 3 is 2.50 bits per heavy atom. The highest BCUT2D eigenvalue weighted by Crippen LogP contribution is 2.43. The molecule has 9 heteroatoms. The summed E-state index contributed by atoms with van der Waals surface area (Å²) in [5.41, 5.74) is 2.05. The van der Waals surface area contributed by atoms with E-state index >= 15 is 0 Å². The number of carbonyl (C=O) groups excluding carboxylic acids is 1. The van der Waals surface area contributed by atoms with Crippen LogP contribution in [0.25, 0.3) is 0 Å². The topological polar surface area (TPSA) is 88.5 Å². The number of hydrogen-bond donors (Lipinski definition) is 1. The smallest absolute Gasteiger partial charge is 0.308 e. The molecule has 3 aliphatic rings. The van der Waals surface area contributed by atoms with Gasteiger partial charge in [-0.2, -0.15) is 0 Å². The molecule has 0 saturated carbocycles. The van der Waals surface area contributed by atoms with Gasteiger partial charge in [0, 0.05) is 36.8 Å². The molecule has 3 aliphatic heterocycles. The summed E-state index contributed by atoms with van der Waals surface area (Å²) in [5.74, 6) is -1.00. The number of hydrogen-bond acceptors (Lipinski definition) is 6. The molecule has 0 radical (unpaired) electrons. The summed E-state index contributed by atoms with van der Waals surface area (Å²) < 4.78 is 31.4. The zero-order valence-electron chi connectivity index (χ0n) is 26.3. The van der Waals surface area contributed by atoms with Gasteiger partial charge in [0.25, 0.3) is 0 Å². The Labute approximate surface area is 260 Å². The lowest BCUT2D eigenvalue weighted by Gasteiger charge is -2.35. The van der Waals surface area contributed by atoms with Crippen molar-refractivity contribution in [3.05, 3.63) is 53.3 Å². The van der Waals surface area contributed by atoms with Crippen LogP contribution in [-0.2, 0) is 14.3 Å². The number of likely N-dealkylation sites (tertiary alicyclic amines) is 1. The van der Waals surface area contributed by atoms with Crippen LogP contribution in [-0.4, -0.2) is 66.6 Å². The van der Waals surface area contributed by atoms with Crippen LogP contribution in [0.2, 0.25) is 0 Å². The van der Waals surface area contributed by atoms with Gasteiger partial charge in [0.1, 0.15) is 5.82 Å². The molecular weight excluding hydrogens is 563 g/mol. The molecule has 0 spiro atoms. The summed E-state index contributed by atoms with van der Waals surface area (Å²) in [5, 5.41) is 10.6. The summed E-state index contributed by atoms with van der Waals surface area (Å²) in [7, 11) is 0. The standard InChI is InChI=1S/C35H47FN2O6/c1-4-8-25(9-5-2)38(26-12-14-29(36)23(3)18-26)33(39)21-37-20-28(24-11-16-31-32(19-24)44-22-43-31)34(35(40)41)30(37)15-13-27-10-6-7-17-42-27/h11-12,14,16,18-19,25,27-28,30,34H,4-10,13,15,17,20-22H2,1-3H3,(H,40,41)/t27?,28-,30+,34?/m1/s1. The second kappa shape index (κ2) is 14.7. The molecular formula is C35H47FN2O6. The number of carboxylic acids is 1. The summed E-state index contributed by atoms with van der Waals surface area (Å²) >= 11 is 0. The quantitative estimate of drug-likeness (QED) is 0.271. The highest BCUT2D eigenvalue weighted by atomic mass is 19.1. The van der Waals surface area contributed by atoms with Gasteiger partial charge in [-0.05, 0) is 93.3 Å². The van der Waals surface area contributed by atoms with Gasteiger partial charge < -0.3 is 24.2 Å². The van der Waals surface area contributed by atoms with Gasteiger partial charge in [-0.25, -0.2) is 4.39 Å². The van der Waals surface area contributed by atoms with Crippen LogP contribution in [0.3, 0.4) is 0 Å². The normalized spacial score (nSPS) is 23.3. The second-order valence-corrected chi connectivity index (χ2v) is 12.6. The minimum Gasteiger partial charge on any atom is -0.481 e. The predicted molar refractivity (Wildman–Crippen MR) is 167 cm³/mol. The zero-order chi connectivity index (χ0) is 31.2. The number of fused-ring (bicyclic) bond motifs is 1. The molecule has 1 N–H and O–H groups in total. The van der Waals surface area contributed by atoms with Crippen molar-refractivity contribution in [3.63, 3.8) is 0 Å². The predicted octanol–water partition coefficient (Wildman–Crippen LogP) is 6.68. The number of ether oxygens (including phenoxy) is 3. The maximum atomic E-state index is 14.4. The Morgan fingerprint density at radius 1 is 1.05 bits per heavy atom. The van der Waals surface area contributed by atoms with Crippen LogP contribution in [0, 0.1) is 18.7 Å². The first kappa shape index (κ1) is 32.2. The molecule has 2 saturated heterocycles. The molecule has 44 heavy (non-hydrogen) atoms. The first-order valence-corrected chi connectivity index (χ1v) is 16.4. The van der Waals surface area contributed by atoms with Crippen molar-refractivity contribution in [2.24, 2.45) is 5.92 Å². The van der Waals surface area contributed by atoms with E-state index in [0.29, 0.717) is 35.7 Å². The van der Waals surface area contributed by atoms with E-state index in [0.717, 1.165) is 63.5 Å². The minimum absolute atomic E-state index is 0.0287. The van der Waals surface area contributed by atoms with Crippen molar-refractivity contribution in [1.82, 2.24) is 4.90 Å². The van der Waals surface area contributed by atoms with Gasteiger partial charge >= 0.3 is 5.97 Å². The minimum atomic E-state index is -0.863. The molecule has 8 nitrogen and oxygen atoms in total. The Morgan fingerprint density at radius 2 is 1.82 bits per heavy atom. The molecule has 2 aromatic rings. The number of carbonyl (C=O) groups is 2. The molecule has 4 atom stereocenters. The summed E-state index contributed by atoms with van der Waals surface area (Å²) in [6.45, 7) is 7.33. The molecule has 2 unspecified atom stereocenters. The van der Waals surface area contributed by atoms with E-state index in [9.17, 15) is 19.1 Å². The van der Waals surface area contributed by atoms with Gasteiger partial charge in [-0.15, -0.1) is 0 Å². The number of benzene rings is 2. The number of amides is 1. The third-order valence-electron chi connectivity index (χ3n) is 9.55. The van der Waals surface area contributed by atoms with Crippen molar-refractivity contribution in [2.45, 2.75) is 103 Å². The van der Waals surface area contributed by atoms with Gasteiger partial charge in [0.15, 0.2) is 11.5 Å². The van der Waals surface area contributed by atoms with Crippen molar-refractivity contribution in [3.8, 4) is 11.5 Å². The Hall–Kier alpha value is -3.17. The van der Waals surface area contributed by atoms with Gasteiger partial charge in [0.05, 0.1) is 18.6 Å². The van der Waals surface area contributed by atoms with Crippen LogP contribution in [0.4, 0.5) is 10.1 Å². The Kier molecular flexibility index (Phi) is 10.8. The van der Waals surface area contributed by atoms with Crippen molar-refractivity contribution in [1.29, 1.82) is 0 Å². The number of anilines is 1. The third-order valence-corrected chi connectivity index (χ3v) is 9.55. The maximum absolute atomic E-state index is 14.4. The van der Waals surface area contributed by atoms with Gasteiger partial charge in [-0.3, -0.25) is 14.5 Å². The van der Waals surface area contributed by atoms with E-state index < -0.39 is 11.9 Å². The Bertz CT molecular complexity index is 1290. The first-order chi connectivity index (χ1) is 21.3. The average Bonchev–Trinajstić information content (AvgIpc) is 3.63. The fourth-order valence-electron chi connectivity index (χ4n) is 7.38. The number of halogens is 1. The number of nitrogens with zero attached hydrogens (tertiary/aromatic N) is 2. The maximum Gasteiger partial charge on any atom is 0.308 e. The molecule has 2 aromatic carbocycles. The molecule has 0 aliphatic carbocycles. The van der Waals surface area contributed by atoms with E-state index in [1.54, 1.807) is 19.1 Å². The van der Waals surface area contributed by atoms with Crippen molar-refractivity contribution >= 4 is 17.6 Å². The molecule has 5 rings (SSSR count). The van der Waals surface area contributed by atoms with Gasteiger partial charge in [0.2, 0.25) is 12.7 Å². The van der Waals surface area contributed by atoms with Crippen molar-refractivity contribution in [2.75, 3.05) is 31.4 Å². The van der Waals surface area contributed by atoms with Crippen LogP contribution in [0.15, 0.2) is 36.4 Å². The zero-order valence-corrected chi connectivity index (χ0v) is 26.3. The molecule has 0 aromatic heterocycles. The van der Waals surface area contributed by atoms with Gasteiger partial charge in [-0.1, -0.05) is 32.8 Å². The summed E-state index contributed by atoms with van der Waals surface area (Å²) in [6.07, 6.45) is 8.11. The fraction of sp³-hybridized carbons (Fsp3) is 0.600. The summed E-state index contributed by atoms with van der Waals surface area (Å²) in [4.78, 5) is 31.3. The van der Waals surface area contributed by atoms with E-state index in [-0.39, 0.29) is 49.2 Å². The van der Waals surface area contributed by atoms with Crippen LogP contribution in [0.1, 0.15) is 88.7 Å². The molecule has 3 heterocycles. The number of aliphatic carboxylic acids is 1. The number of carboxylic acid groups (broad SMARTS) is 1. The summed E-state index contributed by atoms with van der Waals surface area (Å²) in [6, 6.07) is 10.2. The monoisotopic (exact) mass is 610 g/mol. The van der Waals surface area contributed by atoms with E-state index in [1.807, 2.05) is 23.1 Å². The van der Waals surface area contributed by atoms with Crippen LogP contribution >= 0.6 is 0 Å². The largest absolute Gasteiger partial charge is 0.481 e. The van der Waals surface area contributed by atoms with E-state index in [2.05, 4.69) is 18.7 Å². The van der Waals surface area contributed by atoms with Crippen molar-refractivity contribution < 1.29 is 33.3 Å². The second-order valence-electron chi connectivity index (χ2n) is 12.6. The first-order valence-electron chi connectivity index (χ1n) is 16.4. The average molecular weight is 611 g/mol. The lowest BCUT2D eigenvalue weighted by atomic mass is 9.83. The molecule has 2 fully saturated rings. The number of aryl methyl sites for hydroxylation is 1. The van der Waals surface area contributed by atoms with E-state index in [4.69, 9.17) is 14.2 Å². The lowest BCUT2D eigenvalue weighted by Crippen LogP contribution is -2.48. The molecule has 1 amide bonds. The molecule has 0 bridgehead atoms. The van der Waals surface area contributed by atoms with E-state index in [1.165, 1.54) is 6.07 Å². The fourth-order valence-corrected chi connectivity index (χ4v) is 7.38. The highest BCUT2D eigenvalue weighted by molar-refractivity contribution is 5.95. The Balaban J connectivity index is 1.46. The third kappa shape index (κ3) is 7.20. The molecule has 240 valence electrons.